The number of piperidine rings is 1. The number of aliphatic hydroxyl groups excluding tert-OH is 1. The lowest BCUT2D eigenvalue weighted by Crippen LogP contribution is -2.44. The molecule has 0 bridgehead atoms. The molecule has 1 aromatic rings. The summed E-state index contributed by atoms with van der Waals surface area (Å²) in [5.74, 6) is 0. The smallest absolute Gasteiger partial charge is 0.0671 e. The van der Waals surface area contributed by atoms with E-state index < -0.39 is 6.10 Å². The van der Waals surface area contributed by atoms with Crippen LogP contribution in [0.5, 0.6) is 0 Å². The van der Waals surface area contributed by atoms with E-state index in [0.29, 0.717) is 13.0 Å². The summed E-state index contributed by atoms with van der Waals surface area (Å²) in [7, 11) is 0. The van der Waals surface area contributed by atoms with Gasteiger partial charge < -0.3 is 5.11 Å². The Morgan fingerprint density at radius 2 is 2.12 bits per heavy atom. The van der Waals surface area contributed by atoms with Gasteiger partial charge in [0.25, 0.3) is 0 Å². The Balaban J connectivity index is 1.98. The van der Waals surface area contributed by atoms with Gasteiger partial charge in [-0.05, 0) is 17.5 Å². The molecule has 0 amide bonds. The van der Waals surface area contributed by atoms with E-state index in [1.165, 1.54) is 5.56 Å². The summed E-state index contributed by atoms with van der Waals surface area (Å²) in [5.41, 5.74) is 9.65. The van der Waals surface area contributed by atoms with Crippen LogP contribution in [0.15, 0.2) is 35.4 Å². The van der Waals surface area contributed by atoms with Crippen molar-refractivity contribution in [3.05, 3.63) is 46.3 Å². The third kappa shape index (κ3) is 3.46. The SMILES string of the molecule is [N-]=[N+]=N[C@@H]1C[C@@H](O)CN(Cc2ccccc2)C1. The highest BCUT2D eigenvalue weighted by Gasteiger charge is 2.24. The lowest BCUT2D eigenvalue weighted by molar-refractivity contribution is 0.0565. The molecule has 17 heavy (non-hydrogen) atoms. The third-order valence-electron chi connectivity index (χ3n) is 2.95. The molecule has 0 spiro atoms. The number of hydrogen-bond acceptors (Lipinski definition) is 3. The van der Waals surface area contributed by atoms with Crippen LogP contribution in [0.4, 0.5) is 0 Å². The average Bonchev–Trinajstić information content (AvgIpc) is 2.30. The number of likely N-dealkylation sites (tertiary alicyclic amines) is 1. The molecule has 1 aromatic carbocycles. The minimum Gasteiger partial charge on any atom is -0.392 e. The van der Waals surface area contributed by atoms with Crippen LogP contribution in [0.2, 0.25) is 0 Å². The van der Waals surface area contributed by atoms with Crippen molar-refractivity contribution in [2.75, 3.05) is 13.1 Å². The van der Waals surface area contributed by atoms with Crippen LogP contribution in [-0.2, 0) is 6.54 Å². The first-order valence-corrected chi connectivity index (χ1v) is 5.76. The molecular weight excluding hydrogens is 216 g/mol. The van der Waals surface area contributed by atoms with Gasteiger partial charge in [-0.1, -0.05) is 35.4 Å². The van der Waals surface area contributed by atoms with E-state index in [0.717, 1.165) is 13.1 Å². The van der Waals surface area contributed by atoms with Crippen LogP contribution in [0, 0.1) is 0 Å². The van der Waals surface area contributed by atoms with Gasteiger partial charge in [-0.25, -0.2) is 0 Å². The van der Waals surface area contributed by atoms with Crippen LogP contribution in [0.1, 0.15) is 12.0 Å². The van der Waals surface area contributed by atoms with Gasteiger partial charge in [0, 0.05) is 24.5 Å². The zero-order chi connectivity index (χ0) is 12.1. The molecule has 90 valence electrons. The van der Waals surface area contributed by atoms with Crippen molar-refractivity contribution in [1.29, 1.82) is 0 Å². The lowest BCUT2D eigenvalue weighted by atomic mass is 10.0. The van der Waals surface area contributed by atoms with Gasteiger partial charge in [0.05, 0.1) is 12.1 Å². The van der Waals surface area contributed by atoms with Gasteiger partial charge in [-0.2, -0.15) is 0 Å². The number of β-amino-alcohol motifs (C(OH)–C–C–N with tert-alkyl or cyclic N) is 1. The maximum absolute atomic E-state index is 9.73. The normalized spacial score (nSPS) is 25.2. The first-order chi connectivity index (χ1) is 8.28. The molecular formula is C12H16N4O. The maximum atomic E-state index is 9.73. The lowest BCUT2D eigenvalue weighted by Gasteiger charge is -2.33. The van der Waals surface area contributed by atoms with E-state index in [2.05, 4.69) is 27.1 Å². The summed E-state index contributed by atoms with van der Waals surface area (Å²) < 4.78 is 0. The minimum atomic E-state index is -0.400. The summed E-state index contributed by atoms with van der Waals surface area (Å²) in [6.45, 7) is 2.15. The molecule has 1 saturated heterocycles. The molecule has 2 rings (SSSR count). The first-order valence-electron chi connectivity index (χ1n) is 5.76. The summed E-state index contributed by atoms with van der Waals surface area (Å²) >= 11 is 0. The number of rotatable bonds is 3. The van der Waals surface area contributed by atoms with Crippen LogP contribution in [0.25, 0.3) is 10.4 Å². The van der Waals surface area contributed by atoms with Crippen LogP contribution in [0.3, 0.4) is 0 Å². The molecule has 5 heteroatoms. The predicted octanol–water partition coefficient (Wildman–Crippen LogP) is 1.93. The van der Waals surface area contributed by atoms with E-state index in [-0.39, 0.29) is 6.04 Å². The van der Waals surface area contributed by atoms with Gasteiger partial charge in [-0.3, -0.25) is 4.90 Å². The zero-order valence-electron chi connectivity index (χ0n) is 9.61. The first kappa shape index (κ1) is 11.9. The highest BCUT2D eigenvalue weighted by Crippen LogP contribution is 2.16. The van der Waals surface area contributed by atoms with Crippen LogP contribution in [-0.4, -0.2) is 35.2 Å². The molecule has 0 aromatic heterocycles. The molecule has 0 aliphatic carbocycles. The standard InChI is InChI=1S/C12H16N4O/c13-15-14-11-6-12(17)9-16(8-11)7-10-4-2-1-3-5-10/h1-5,11-12,17H,6-9H2/t11-,12-/m1/s1. The third-order valence-corrected chi connectivity index (χ3v) is 2.95. The fourth-order valence-electron chi connectivity index (χ4n) is 2.26. The molecule has 0 unspecified atom stereocenters. The Kier molecular flexibility index (Phi) is 3.98. The predicted molar refractivity (Wildman–Crippen MR) is 65.3 cm³/mol. The van der Waals surface area contributed by atoms with E-state index in [1.54, 1.807) is 0 Å². The second kappa shape index (κ2) is 5.68. The van der Waals surface area contributed by atoms with Gasteiger partial charge in [-0.15, -0.1) is 0 Å². The molecule has 1 N–H and O–H groups in total. The second-order valence-corrected chi connectivity index (χ2v) is 4.43. The second-order valence-electron chi connectivity index (χ2n) is 4.43. The Morgan fingerprint density at radius 1 is 1.35 bits per heavy atom. The molecule has 1 aliphatic rings. The quantitative estimate of drug-likeness (QED) is 0.491. The Labute approximate surface area is 100 Å². The Morgan fingerprint density at radius 3 is 2.82 bits per heavy atom. The Hall–Kier alpha value is -1.55. The van der Waals surface area contributed by atoms with Gasteiger partial charge in [0.1, 0.15) is 0 Å². The number of nitrogens with zero attached hydrogens (tertiary/aromatic N) is 4. The molecule has 1 heterocycles. The minimum absolute atomic E-state index is 0.118. The number of hydrogen-bond donors (Lipinski definition) is 1. The van der Waals surface area contributed by atoms with Gasteiger partial charge in [0.2, 0.25) is 0 Å². The summed E-state index contributed by atoms with van der Waals surface area (Å²) in [6.07, 6.45) is 0.165. The maximum Gasteiger partial charge on any atom is 0.0671 e. The molecule has 0 saturated carbocycles. The topological polar surface area (TPSA) is 72.2 Å². The summed E-state index contributed by atoms with van der Waals surface area (Å²) in [6, 6.07) is 9.98. The van der Waals surface area contributed by atoms with Crippen molar-refractivity contribution in [2.24, 2.45) is 5.11 Å². The van der Waals surface area contributed by atoms with Crippen LogP contribution < -0.4 is 0 Å². The molecule has 2 atom stereocenters. The Bertz CT molecular complexity index is 402. The number of azide groups is 1. The van der Waals surface area contributed by atoms with Gasteiger partial charge >= 0.3 is 0 Å². The van der Waals surface area contributed by atoms with Crippen molar-refractivity contribution in [2.45, 2.75) is 25.1 Å². The molecule has 5 nitrogen and oxygen atoms in total. The fraction of sp³-hybridized carbons (Fsp3) is 0.500. The van der Waals surface area contributed by atoms with Crippen molar-refractivity contribution >= 4 is 0 Å². The number of benzene rings is 1. The van der Waals surface area contributed by atoms with Crippen molar-refractivity contribution in [3.63, 3.8) is 0 Å². The van der Waals surface area contributed by atoms with Crippen molar-refractivity contribution < 1.29 is 5.11 Å². The van der Waals surface area contributed by atoms with Crippen LogP contribution >= 0.6 is 0 Å². The van der Waals surface area contributed by atoms with E-state index in [1.807, 2.05) is 18.2 Å². The monoisotopic (exact) mass is 232 g/mol. The number of aliphatic hydroxyl groups is 1. The molecule has 1 aliphatic heterocycles. The zero-order valence-corrected chi connectivity index (χ0v) is 9.61. The van der Waals surface area contributed by atoms with E-state index in [4.69, 9.17) is 5.53 Å². The van der Waals surface area contributed by atoms with E-state index in [9.17, 15) is 5.11 Å². The highest BCUT2D eigenvalue weighted by atomic mass is 16.3. The summed E-state index contributed by atoms with van der Waals surface area (Å²) in [4.78, 5) is 4.95. The van der Waals surface area contributed by atoms with Crippen molar-refractivity contribution in [1.82, 2.24) is 4.90 Å². The molecule has 1 fully saturated rings. The largest absolute Gasteiger partial charge is 0.392 e. The average molecular weight is 232 g/mol. The fourth-order valence-corrected chi connectivity index (χ4v) is 2.26. The molecule has 0 radical (unpaired) electrons. The summed E-state index contributed by atoms with van der Waals surface area (Å²) in [5, 5.41) is 13.4. The highest BCUT2D eigenvalue weighted by molar-refractivity contribution is 5.14. The van der Waals surface area contributed by atoms with Crippen molar-refractivity contribution in [3.8, 4) is 0 Å². The van der Waals surface area contributed by atoms with E-state index >= 15 is 0 Å². The van der Waals surface area contributed by atoms with Gasteiger partial charge in [0.15, 0.2) is 0 Å².